The molecule has 0 aliphatic carbocycles. The van der Waals surface area contributed by atoms with Gasteiger partial charge >= 0.3 is 0 Å². The van der Waals surface area contributed by atoms with E-state index in [0.29, 0.717) is 48.3 Å². The summed E-state index contributed by atoms with van der Waals surface area (Å²) in [4.78, 5) is 4.25. The van der Waals surface area contributed by atoms with Crippen LogP contribution in [0.25, 0.3) is 11.5 Å². The second kappa shape index (κ2) is 9.30. The van der Waals surface area contributed by atoms with Gasteiger partial charge in [0.1, 0.15) is 24.8 Å². The topological polar surface area (TPSA) is 99.9 Å². The monoisotopic (exact) mass is 496 g/mol. The Morgan fingerprint density at radius 2 is 1.69 bits per heavy atom. The first kappa shape index (κ1) is 22.7. The third kappa shape index (κ3) is 4.65. The summed E-state index contributed by atoms with van der Waals surface area (Å²) in [6.45, 7) is 3.11. The Kier molecular flexibility index (Phi) is 6.04. The van der Waals surface area contributed by atoms with Crippen LogP contribution >= 0.6 is 0 Å². The first-order valence-corrected chi connectivity index (χ1v) is 12.3. The van der Waals surface area contributed by atoms with Gasteiger partial charge < -0.3 is 23.9 Å². The number of ether oxygens (including phenoxy) is 3. The van der Waals surface area contributed by atoms with Gasteiger partial charge in [0.05, 0.1) is 11.5 Å². The van der Waals surface area contributed by atoms with Crippen LogP contribution in [0.1, 0.15) is 6.92 Å². The number of hydrogen-bond acceptors (Lipinski definition) is 8. The van der Waals surface area contributed by atoms with Gasteiger partial charge in [-0.3, -0.25) is 0 Å². The maximum atomic E-state index is 13.6. The summed E-state index contributed by atoms with van der Waals surface area (Å²) >= 11 is 0. The van der Waals surface area contributed by atoms with E-state index in [4.69, 9.17) is 18.6 Å². The van der Waals surface area contributed by atoms with Crippen LogP contribution in [0.4, 0.5) is 16.0 Å². The molecule has 0 amide bonds. The van der Waals surface area contributed by atoms with Crippen molar-refractivity contribution in [3.63, 3.8) is 0 Å². The van der Waals surface area contributed by atoms with Crippen molar-refractivity contribution >= 4 is 21.4 Å². The van der Waals surface area contributed by atoms with Crippen molar-refractivity contribution in [2.75, 3.05) is 25.1 Å². The molecule has 5 rings (SSSR count). The Bertz CT molecular complexity index is 1450. The Morgan fingerprint density at radius 3 is 2.40 bits per heavy atom. The van der Waals surface area contributed by atoms with Crippen LogP contribution in [0.3, 0.4) is 0 Å². The summed E-state index contributed by atoms with van der Waals surface area (Å²) in [5.74, 6) is 0.984. The number of aromatic nitrogens is 1. The quantitative estimate of drug-likeness (QED) is 0.371. The second-order valence-electron chi connectivity index (χ2n) is 7.55. The van der Waals surface area contributed by atoms with Crippen LogP contribution in [0.2, 0.25) is 0 Å². The molecule has 3 aromatic carbocycles. The first-order valence-electron chi connectivity index (χ1n) is 10.9. The van der Waals surface area contributed by atoms with E-state index in [1.165, 1.54) is 36.4 Å². The fourth-order valence-electron chi connectivity index (χ4n) is 3.52. The van der Waals surface area contributed by atoms with Crippen molar-refractivity contribution in [3.05, 3.63) is 72.5 Å². The molecule has 10 heteroatoms. The van der Waals surface area contributed by atoms with E-state index in [1.54, 1.807) is 30.3 Å². The minimum atomic E-state index is -4.14. The van der Waals surface area contributed by atoms with Crippen molar-refractivity contribution in [3.8, 4) is 28.7 Å². The van der Waals surface area contributed by atoms with Crippen molar-refractivity contribution < 1.29 is 31.4 Å². The Balaban J connectivity index is 1.57. The van der Waals surface area contributed by atoms with Gasteiger partial charge in [0.15, 0.2) is 11.5 Å². The lowest BCUT2D eigenvalue weighted by Crippen LogP contribution is -2.16. The lowest BCUT2D eigenvalue weighted by Gasteiger charge is -2.18. The zero-order chi connectivity index (χ0) is 24.4. The molecule has 0 spiro atoms. The average Bonchev–Trinajstić information content (AvgIpc) is 3.30. The van der Waals surface area contributed by atoms with Gasteiger partial charge in [-0.05, 0) is 67.6 Å². The minimum absolute atomic E-state index is 0.0227. The van der Waals surface area contributed by atoms with Gasteiger partial charge in [-0.25, -0.2) is 12.8 Å². The molecule has 2 heterocycles. The Hall–Kier alpha value is -4.05. The summed E-state index contributed by atoms with van der Waals surface area (Å²) in [6, 6.07) is 16.7. The molecule has 1 aliphatic heterocycles. The standard InChI is InChI=1S/C25H21FN2O6S/c1-2-31-19-9-7-18(8-10-19)27-24-25(28-23(34-24)16-3-5-17(26)6-4-16)35(29,30)20-11-12-21-22(15-20)33-14-13-32-21/h3-12,15,27H,2,13-14H2,1H3. The van der Waals surface area contributed by atoms with Crippen LogP contribution in [-0.2, 0) is 9.84 Å². The molecule has 0 fully saturated rings. The molecule has 0 radical (unpaired) electrons. The largest absolute Gasteiger partial charge is 0.494 e. The first-order chi connectivity index (χ1) is 16.9. The molecule has 0 saturated carbocycles. The number of nitrogens with zero attached hydrogens (tertiary/aromatic N) is 1. The predicted octanol–water partition coefficient (Wildman–Crippen LogP) is 5.23. The van der Waals surface area contributed by atoms with Crippen LogP contribution in [0.15, 0.2) is 81.1 Å². The third-order valence-electron chi connectivity index (χ3n) is 5.19. The number of anilines is 2. The summed E-state index contributed by atoms with van der Waals surface area (Å²) < 4.78 is 63.0. The van der Waals surface area contributed by atoms with Crippen LogP contribution in [-0.4, -0.2) is 33.2 Å². The number of fused-ring (bicyclic) bond motifs is 1. The fraction of sp³-hybridized carbons (Fsp3) is 0.160. The molecule has 1 N–H and O–H groups in total. The lowest BCUT2D eigenvalue weighted by atomic mass is 10.2. The zero-order valence-corrected chi connectivity index (χ0v) is 19.5. The smallest absolute Gasteiger partial charge is 0.238 e. The van der Waals surface area contributed by atoms with E-state index >= 15 is 0 Å². The van der Waals surface area contributed by atoms with Gasteiger partial charge in [-0.15, -0.1) is 0 Å². The Morgan fingerprint density at radius 1 is 0.971 bits per heavy atom. The number of nitrogens with one attached hydrogen (secondary N) is 1. The lowest BCUT2D eigenvalue weighted by molar-refractivity contribution is 0.171. The number of benzene rings is 3. The highest BCUT2D eigenvalue weighted by Crippen LogP contribution is 2.38. The van der Waals surface area contributed by atoms with E-state index < -0.39 is 15.7 Å². The summed E-state index contributed by atoms with van der Waals surface area (Å²) in [7, 11) is -4.14. The maximum absolute atomic E-state index is 13.6. The number of rotatable bonds is 7. The number of sulfone groups is 1. The molecule has 8 nitrogen and oxygen atoms in total. The van der Waals surface area contributed by atoms with Gasteiger partial charge in [0.2, 0.25) is 26.6 Å². The molecule has 4 aromatic rings. The van der Waals surface area contributed by atoms with Gasteiger partial charge in [-0.2, -0.15) is 4.98 Å². The highest BCUT2D eigenvalue weighted by atomic mass is 32.2. The highest BCUT2D eigenvalue weighted by Gasteiger charge is 2.30. The van der Waals surface area contributed by atoms with Crippen LogP contribution < -0.4 is 19.5 Å². The number of halogens is 1. The molecular weight excluding hydrogens is 475 g/mol. The molecule has 180 valence electrons. The molecule has 0 atom stereocenters. The van der Waals surface area contributed by atoms with Crippen LogP contribution in [0.5, 0.6) is 17.2 Å². The molecule has 0 bridgehead atoms. The van der Waals surface area contributed by atoms with Gasteiger partial charge in [-0.1, -0.05) is 0 Å². The predicted molar refractivity (Wildman–Crippen MR) is 126 cm³/mol. The molecule has 35 heavy (non-hydrogen) atoms. The van der Waals surface area contributed by atoms with Crippen molar-refractivity contribution in [2.24, 2.45) is 0 Å². The van der Waals surface area contributed by atoms with Crippen molar-refractivity contribution in [2.45, 2.75) is 16.8 Å². The average molecular weight is 497 g/mol. The molecular formula is C25H21FN2O6S. The highest BCUT2D eigenvalue weighted by molar-refractivity contribution is 7.91. The van der Waals surface area contributed by atoms with E-state index in [2.05, 4.69) is 10.3 Å². The van der Waals surface area contributed by atoms with Gasteiger partial charge in [0.25, 0.3) is 0 Å². The minimum Gasteiger partial charge on any atom is -0.494 e. The number of oxazole rings is 1. The van der Waals surface area contributed by atoms with E-state index in [-0.39, 0.29) is 21.7 Å². The SMILES string of the molecule is CCOc1ccc(Nc2oc(-c3ccc(F)cc3)nc2S(=O)(=O)c2ccc3c(c2)OCCO3)cc1. The summed E-state index contributed by atoms with van der Waals surface area (Å²) in [5, 5.41) is 2.67. The van der Waals surface area contributed by atoms with E-state index in [9.17, 15) is 12.8 Å². The molecule has 0 unspecified atom stereocenters. The zero-order valence-electron chi connectivity index (χ0n) is 18.7. The summed E-state index contributed by atoms with van der Waals surface area (Å²) in [6.07, 6.45) is 0. The van der Waals surface area contributed by atoms with Crippen molar-refractivity contribution in [1.29, 1.82) is 0 Å². The summed E-state index contributed by atoms with van der Waals surface area (Å²) in [5.41, 5.74) is 0.985. The van der Waals surface area contributed by atoms with E-state index in [0.717, 1.165) is 0 Å². The third-order valence-corrected chi connectivity index (χ3v) is 6.85. The van der Waals surface area contributed by atoms with Gasteiger partial charge in [0, 0.05) is 17.3 Å². The molecule has 0 saturated heterocycles. The normalized spacial score (nSPS) is 12.9. The Labute approximate surface area is 201 Å². The second-order valence-corrected chi connectivity index (χ2v) is 9.42. The van der Waals surface area contributed by atoms with E-state index in [1.807, 2.05) is 6.92 Å². The molecule has 1 aliphatic rings. The number of hydrogen-bond donors (Lipinski definition) is 1. The molecule has 1 aromatic heterocycles. The van der Waals surface area contributed by atoms with Crippen molar-refractivity contribution in [1.82, 2.24) is 4.98 Å². The van der Waals surface area contributed by atoms with Crippen LogP contribution in [0, 0.1) is 5.82 Å². The maximum Gasteiger partial charge on any atom is 0.238 e. The fourth-order valence-corrected chi connectivity index (χ4v) is 4.79.